The van der Waals surface area contributed by atoms with Crippen LogP contribution in [0, 0.1) is 0 Å². The summed E-state index contributed by atoms with van der Waals surface area (Å²) >= 11 is 0. The lowest BCUT2D eigenvalue weighted by atomic mass is 9.94. The Kier molecular flexibility index (Phi) is 2.49. The van der Waals surface area contributed by atoms with Gasteiger partial charge < -0.3 is 5.73 Å². The summed E-state index contributed by atoms with van der Waals surface area (Å²) in [6.07, 6.45) is 3.32. The Morgan fingerprint density at radius 1 is 0.882 bits per heavy atom. The summed E-state index contributed by atoms with van der Waals surface area (Å²) in [5.41, 5.74) is 10.3. The second-order valence-corrected chi connectivity index (χ2v) is 5.06. The van der Waals surface area contributed by atoms with Crippen LogP contribution in [-0.4, -0.2) is 5.54 Å². The first-order valence-electron chi connectivity index (χ1n) is 6.19. The minimum atomic E-state index is 0.0743. The van der Waals surface area contributed by atoms with Crippen molar-refractivity contribution < 1.29 is 0 Å². The van der Waals surface area contributed by atoms with Crippen LogP contribution >= 0.6 is 0 Å². The molecule has 0 aliphatic heterocycles. The van der Waals surface area contributed by atoms with Crippen molar-refractivity contribution in [2.45, 2.75) is 24.8 Å². The van der Waals surface area contributed by atoms with Crippen LogP contribution < -0.4 is 5.73 Å². The summed E-state index contributed by atoms with van der Waals surface area (Å²) in [5.74, 6) is 0. The lowest BCUT2D eigenvalue weighted by Crippen LogP contribution is -2.24. The summed E-state index contributed by atoms with van der Waals surface area (Å²) in [7, 11) is 0. The highest BCUT2D eigenvalue weighted by molar-refractivity contribution is 5.67. The molecular weight excluding hydrogens is 206 g/mol. The zero-order valence-electron chi connectivity index (χ0n) is 9.89. The van der Waals surface area contributed by atoms with E-state index in [1.807, 2.05) is 0 Å². The van der Waals surface area contributed by atoms with E-state index in [0.29, 0.717) is 0 Å². The van der Waals surface area contributed by atoms with Gasteiger partial charge in [0.05, 0.1) is 0 Å². The lowest BCUT2D eigenvalue weighted by molar-refractivity contribution is 0.673. The van der Waals surface area contributed by atoms with Crippen LogP contribution in [0.3, 0.4) is 0 Å². The Balaban J connectivity index is 1.99. The van der Waals surface area contributed by atoms with Crippen LogP contribution in [0.4, 0.5) is 0 Å². The summed E-state index contributed by atoms with van der Waals surface area (Å²) < 4.78 is 0. The molecule has 1 nitrogen and oxygen atoms in total. The molecule has 1 saturated carbocycles. The predicted octanol–water partition coefficient (Wildman–Crippen LogP) is 3.39. The van der Waals surface area contributed by atoms with E-state index in [-0.39, 0.29) is 5.54 Å². The highest BCUT2D eigenvalue weighted by Crippen LogP contribution is 2.37. The molecule has 0 spiro atoms. The SMILES string of the molecule is NC1(Cc2ccccc2-c2ccccc2)CC1. The van der Waals surface area contributed by atoms with Crippen molar-refractivity contribution in [2.24, 2.45) is 5.73 Å². The van der Waals surface area contributed by atoms with Gasteiger partial charge >= 0.3 is 0 Å². The molecule has 2 N–H and O–H groups in total. The van der Waals surface area contributed by atoms with Crippen LogP contribution in [0.25, 0.3) is 11.1 Å². The molecule has 17 heavy (non-hydrogen) atoms. The Morgan fingerprint density at radius 3 is 2.24 bits per heavy atom. The summed E-state index contributed by atoms with van der Waals surface area (Å²) in [6.45, 7) is 0. The smallest absolute Gasteiger partial charge is 0.0196 e. The fraction of sp³-hybridized carbons (Fsp3) is 0.250. The van der Waals surface area contributed by atoms with Crippen LogP contribution in [0.1, 0.15) is 18.4 Å². The van der Waals surface area contributed by atoms with Gasteiger partial charge in [0, 0.05) is 5.54 Å². The standard InChI is InChI=1S/C16H17N/c17-16(10-11-16)12-14-8-4-5-9-15(14)13-6-2-1-3-7-13/h1-9H,10-12,17H2. The molecule has 1 heteroatoms. The van der Waals surface area contributed by atoms with Crippen LogP contribution in [0.5, 0.6) is 0 Å². The molecule has 2 aromatic carbocycles. The predicted molar refractivity (Wildman–Crippen MR) is 71.7 cm³/mol. The van der Waals surface area contributed by atoms with E-state index in [1.54, 1.807) is 0 Å². The van der Waals surface area contributed by atoms with Gasteiger partial charge in [-0.1, -0.05) is 54.6 Å². The second kappa shape index (κ2) is 4.01. The molecular formula is C16H17N. The molecule has 0 saturated heterocycles. The first-order chi connectivity index (χ1) is 8.27. The minimum Gasteiger partial charge on any atom is -0.325 e. The third-order valence-corrected chi connectivity index (χ3v) is 3.54. The highest BCUT2D eigenvalue weighted by atomic mass is 14.8. The zero-order valence-corrected chi connectivity index (χ0v) is 9.89. The molecule has 0 atom stereocenters. The van der Waals surface area contributed by atoms with Gasteiger partial charge in [-0.15, -0.1) is 0 Å². The van der Waals surface area contributed by atoms with Crippen LogP contribution in [-0.2, 0) is 6.42 Å². The number of hydrogen-bond acceptors (Lipinski definition) is 1. The van der Waals surface area contributed by atoms with Crippen molar-refractivity contribution in [3.8, 4) is 11.1 Å². The van der Waals surface area contributed by atoms with Gasteiger partial charge in [-0.05, 0) is 36.0 Å². The summed E-state index contributed by atoms with van der Waals surface area (Å²) in [5, 5.41) is 0. The van der Waals surface area contributed by atoms with E-state index in [1.165, 1.54) is 16.7 Å². The third kappa shape index (κ3) is 2.25. The van der Waals surface area contributed by atoms with Gasteiger partial charge in [0.1, 0.15) is 0 Å². The summed E-state index contributed by atoms with van der Waals surface area (Å²) in [4.78, 5) is 0. The van der Waals surface area contributed by atoms with Gasteiger partial charge in [0.25, 0.3) is 0 Å². The molecule has 3 rings (SSSR count). The number of rotatable bonds is 3. The maximum atomic E-state index is 6.23. The Hall–Kier alpha value is -1.60. The molecule has 86 valence electrons. The van der Waals surface area contributed by atoms with Gasteiger partial charge in [-0.25, -0.2) is 0 Å². The van der Waals surface area contributed by atoms with Crippen LogP contribution in [0.2, 0.25) is 0 Å². The Labute approximate surface area is 102 Å². The van der Waals surface area contributed by atoms with Crippen molar-refractivity contribution >= 4 is 0 Å². The molecule has 0 bridgehead atoms. The number of hydrogen-bond donors (Lipinski definition) is 1. The molecule has 1 aliphatic carbocycles. The minimum absolute atomic E-state index is 0.0743. The van der Waals surface area contributed by atoms with Gasteiger partial charge in [-0.3, -0.25) is 0 Å². The lowest BCUT2D eigenvalue weighted by Gasteiger charge is -2.13. The van der Waals surface area contributed by atoms with E-state index < -0.39 is 0 Å². The molecule has 1 aliphatic rings. The van der Waals surface area contributed by atoms with Crippen molar-refractivity contribution in [3.05, 3.63) is 60.2 Å². The topological polar surface area (TPSA) is 26.0 Å². The number of nitrogens with two attached hydrogens (primary N) is 1. The Bertz CT molecular complexity index is 512. The molecule has 1 fully saturated rings. The first kappa shape index (κ1) is 10.5. The third-order valence-electron chi connectivity index (χ3n) is 3.54. The van der Waals surface area contributed by atoms with Crippen molar-refractivity contribution in [3.63, 3.8) is 0 Å². The molecule has 0 radical (unpaired) electrons. The Morgan fingerprint density at radius 2 is 1.53 bits per heavy atom. The molecule has 0 aromatic heterocycles. The highest BCUT2D eigenvalue weighted by Gasteiger charge is 2.38. The van der Waals surface area contributed by atoms with E-state index in [4.69, 9.17) is 5.73 Å². The van der Waals surface area contributed by atoms with Crippen molar-refractivity contribution in [2.75, 3.05) is 0 Å². The van der Waals surface area contributed by atoms with Gasteiger partial charge in [-0.2, -0.15) is 0 Å². The normalized spacial score (nSPS) is 16.8. The average Bonchev–Trinajstić information content (AvgIpc) is 3.09. The van der Waals surface area contributed by atoms with Crippen molar-refractivity contribution in [1.29, 1.82) is 0 Å². The van der Waals surface area contributed by atoms with E-state index in [0.717, 1.165) is 19.3 Å². The molecule has 0 unspecified atom stereocenters. The van der Waals surface area contributed by atoms with E-state index >= 15 is 0 Å². The fourth-order valence-corrected chi connectivity index (χ4v) is 2.29. The van der Waals surface area contributed by atoms with Gasteiger partial charge in [0.15, 0.2) is 0 Å². The molecule has 0 heterocycles. The first-order valence-corrected chi connectivity index (χ1v) is 6.19. The van der Waals surface area contributed by atoms with E-state index in [9.17, 15) is 0 Å². The molecule has 0 amide bonds. The largest absolute Gasteiger partial charge is 0.325 e. The van der Waals surface area contributed by atoms with E-state index in [2.05, 4.69) is 54.6 Å². The quantitative estimate of drug-likeness (QED) is 0.848. The molecule has 2 aromatic rings. The fourth-order valence-electron chi connectivity index (χ4n) is 2.29. The van der Waals surface area contributed by atoms with Crippen LogP contribution in [0.15, 0.2) is 54.6 Å². The maximum Gasteiger partial charge on any atom is 0.0196 e. The second-order valence-electron chi connectivity index (χ2n) is 5.06. The van der Waals surface area contributed by atoms with Crippen molar-refractivity contribution in [1.82, 2.24) is 0 Å². The summed E-state index contributed by atoms with van der Waals surface area (Å²) in [6, 6.07) is 19.1. The monoisotopic (exact) mass is 223 g/mol. The zero-order chi connectivity index (χ0) is 11.7. The maximum absolute atomic E-state index is 6.23. The number of benzene rings is 2. The average molecular weight is 223 g/mol. The van der Waals surface area contributed by atoms with Gasteiger partial charge in [0.2, 0.25) is 0 Å².